The number of aromatic nitrogens is 1. The molecule has 1 amide bonds. The minimum Gasteiger partial charge on any atom is -0.395 e. The standard InChI is InChI=1S/C29H35N3O3/c33-21-26-28(24-7-5-22(6-8-24)9-14-29(35)12-1-2-13-29)25-20-31(17-3-4-18-32(25)26)27(34)19-23-10-15-30-16-11-23/h5-8,10-11,15-16,25-26,28,33,35H,1-4,12-13,17-21H2/t25-,26-,28+/m1/s1. The van der Waals surface area contributed by atoms with Gasteiger partial charge in [0.05, 0.1) is 13.0 Å². The summed E-state index contributed by atoms with van der Waals surface area (Å²) in [6, 6.07) is 12.3. The molecular weight excluding hydrogens is 438 g/mol. The van der Waals surface area contributed by atoms with Crippen LogP contribution in [-0.4, -0.2) is 74.8 Å². The lowest BCUT2D eigenvalue weighted by molar-refractivity contribution is -0.135. The summed E-state index contributed by atoms with van der Waals surface area (Å²) in [6.45, 7) is 2.53. The zero-order chi connectivity index (χ0) is 24.3. The van der Waals surface area contributed by atoms with Crippen molar-refractivity contribution in [3.05, 3.63) is 65.5 Å². The van der Waals surface area contributed by atoms with Crippen LogP contribution in [0.2, 0.25) is 0 Å². The third-order valence-electron chi connectivity index (χ3n) is 7.99. The minimum atomic E-state index is -0.833. The Kier molecular flexibility index (Phi) is 7.19. The molecule has 3 aliphatic rings. The molecular formula is C29H35N3O3. The average Bonchev–Trinajstić information content (AvgIpc) is 3.30. The van der Waals surface area contributed by atoms with Crippen molar-refractivity contribution in [2.45, 2.75) is 68.5 Å². The molecule has 2 aliphatic heterocycles. The third kappa shape index (κ3) is 5.28. The van der Waals surface area contributed by atoms with Crippen LogP contribution in [0.5, 0.6) is 0 Å². The fourth-order valence-corrected chi connectivity index (χ4v) is 6.02. The number of aliphatic hydroxyl groups excluding tert-OH is 1. The second-order valence-corrected chi connectivity index (χ2v) is 10.3. The monoisotopic (exact) mass is 473 g/mol. The first-order valence-corrected chi connectivity index (χ1v) is 13.0. The van der Waals surface area contributed by atoms with E-state index in [1.807, 2.05) is 29.2 Å². The summed E-state index contributed by atoms with van der Waals surface area (Å²) < 4.78 is 0. The summed E-state index contributed by atoms with van der Waals surface area (Å²) in [4.78, 5) is 21.6. The van der Waals surface area contributed by atoms with Gasteiger partial charge in [0.1, 0.15) is 5.60 Å². The Hall–Kier alpha value is -2.72. The number of nitrogens with zero attached hydrogens (tertiary/aromatic N) is 3. The van der Waals surface area contributed by atoms with Crippen molar-refractivity contribution >= 4 is 5.91 Å². The quantitative estimate of drug-likeness (QED) is 0.668. The maximum absolute atomic E-state index is 13.2. The number of hydrogen-bond donors (Lipinski definition) is 2. The second-order valence-electron chi connectivity index (χ2n) is 10.3. The number of fused-ring (bicyclic) bond motifs is 1. The molecule has 6 heteroatoms. The van der Waals surface area contributed by atoms with E-state index in [0.29, 0.717) is 13.0 Å². The van der Waals surface area contributed by atoms with Gasteiger partial charge in [-0.2, -0.15) is 0 Å². The van der Waals surface area contributed by atoms with Crippen molar-refractivity contribution in [3.8, 4) is 11.8 Å². The maximum atomic E-state index is 13.2. The molecule has 3 heterocycles. The predicted molar refractivity (Wildman–Crippen MR) is 135 cm³/mol. The van der Waals surface area contributed by atoms with Crippen LogP contribution in [0, 0.1) is 11.8 Å². The molecule has 1 saturated carbocycles. The molecule has 1 aromatic carbocycles. The molecule has 3 fully saturated rings. The van der Waals surface area contributed by atoms with Crippen molar-refractivity contribution in [1.82, 2.24) is 14.8 Å². The Labute approximate surface area is 208 Å². The lowest BCUT2D eigenvalue weighted by Gasteiger charge is -2.57. The van der Waals surface area contributed by atoms with Crippen molar-refractivity contribution in [2.75, 3.05) is 26.2 Å². The molecule has 1 aliphatic carbocycles. The lowest BCUT2D eigenvalue weighted by Crippen LogP contribution is -2.68. The molecule has 0 bridgehead atoms. The van der Waals surface area contributed by atoms with Crippen LogP contribution in [0.25, 0.3) is 0 Å². The van der Waals surface area contributed by atoms with Crippen LogP contribution in [0.15, 0.2) is 48.8 Å². The van der Waals surface area contributed by atoms with Gasteiger partial charge in [0, 0.05) is 49.0 Å². The Bertz CT molecular complexity index is 1070. The summed E-state index contributed by atoms with van der Waals surface area (Å²) >= 11 is 0. The van der Waals surface area contributed by atoms with Gasteiger partial charge in [-0.25, -0.2) is 0 Å². The van der Waals surface area contributed by atoms with E-state index in [1.165, 1.54) is 5.56 Å². The normalized spacial score (nSPS) is 26.0. The van der Waals surface area contributed by atoms with E-state index < -0.39 is 5.60 Å². The maximum Gasteiger partial charge on any atom is 0.227 e. The van der Waals surface area contributed by atoms with Gasteiger partial charge in [-0.1, -0.05) is 24.0 Å². The minimum absolute atomic E-state index is 0.0754. The highest BCUT2D eigenvalue weighted by Gasteiger charge is 2.49. The van der Waals surface area contributed by atoms with Crippen molar-refractivity contribution < 1.29 is 15.0 Å². The zero-order valence-electron chi connectivity index (χ0n) is 20.3. The number of carbonyl (C=O) groups excluding carboxylic acids is 1. The summed E-state index contributed by atoms with van der Waals surface area (Å²) in [5.41, 5.74) is 2.23. The van der Waals surface area contributed by atoms with Crippen LogP contribution >= 0.6 is 0 Å². The fourth-order valence-electron chi connectivity index (χ4n) is 6.02. The Morgan fingerprint density at radius 2 is 1.74 bits per heavy atom. The first-order valence-electron chi connectivity index (χ1n) is 13.0. The van der Waals surface area contributed by atoms with Gasteiger partial charge in [-0.15, -0.1) is 0 Å². The first kappa shape index (κ1) is 24.0. The van der Waals surface area contributed by atoms with E-state index in [4.69, 9.17) is 0 Å². The van der Waals surface area contributed by atoms with Gasteiger partial charge >= 0.3 is 0 Å². The Balaban J connectivity index is 1.31. The van der Waals surface area contributed by atoms with Gasteiger partial charge in [-0.3, -0.25) is 14.7 Å². The summed E-state index contributed by atoms with van der Waals surface area (Å²) in [5, 5.41) is 20.7. The highest BCUT2D eigenvalue weighted by molar-refractivity contribution is 5.78. The molecule has 35 heavy (non-hydrogen) atoms. The SMILES string of the molecule is O=C(Cc1ccncc1)N1CCCCN2[C@H](CO)[C@@H](c3ccc(C#CC4(O)CCCC4)cc3)[C@H]2C1. The van der Waals surface area contributed by atoms with E-state index in [-0.39, 0.29) is 30.5 Å². The Morgan fingerprint density at radius 3 is 2.46 bits per heavy atom. The summed E-state index contributed by atoms with van der Waals surface area (Å²) in [7, 11) is 0. The van der Waals surface area contributed by atoms with Crippen LogP contribution < -0.4 is 0 Å². The number of benzene rings is 1. The van der Waals surface area contributed by atoms with Crippen LogP contribution in [0.1, 0.15) is 61.1 Å². The molecule has 3 atom stereocenters. The lowest BCUT2D eigenvalue weighted by atomic mass is 9.74. The molecule has 2 saturated heterocycles. The van der Waals surface area contributed by atoms with Gasteiger partial charge in [0.25, 0.3) is 0 Å². The van der Waals surface area contributed by atoms with E-state index in [1.54, 1.807) is 12.4 Å². The molecule has 184 valence electrons. The topological polar surface area (TPSA) is 76.9 Å². The largest absolute Gasteiger partial charge is 0.395 e. The van der Waals surface area contributed by atoms with Crippen molar-refractivity contribution in [1.29, 1.82) is 0 Å². The molecule has 2 aromatic rings. The van der Waals surface area contributed by atoms with E-state index >= 15 is 0 Å². The van der Waals surface area contributed by atoms with Crippen molar-refractivity contribution in [2.24, 2.45) is 0 Å². The van der Waals surface area contributed by atoms with Gasteiger partial charge in [-0.05, 0) is 80.5 Å². The number of hydrogen-bond acceptors (Lipinski definition) is 5. The molecule has 1 aromatic heterocycles. The van der Waals surface area contributed by atoms with Gasteiger partial charge in [0.15, 0.2) is 0 Å². The fraction of sp³-hybridized carbons (Fsp3) is 0.517. The molecule has 2 N–H and O–H groups in total. The molecule has 6 nitrogen and oxygen atoms in total. The third-order valence-corrected chi connectivity index (χ3v) is 7.99. The van der Waals surface area contributed by atoms with E-state index in [2.05, 4.69) is 33.9 Å². The number of aliphatic hydroxyl groups is 2. The zero-order valence-corrected chi connectivity index (χ0v) is 20.3. The number of carbonyl (C=O) groups is 1. The predicted octanol–water partition coefficient (Wildman–Crippen LogP) is 2.73. The highest BCUT2D eigenvalue weighted by Crippen LogP contribution is 2.42. The van der Waals surface area contributed by atoms with E-state index in [9.17, 15) is 15.0 Å². The highest BCUT2D eigenvalue weighted by atomic mass is 16.3. The average molecular weight is 474 g/mol. The van der Waals surface area contributed by atoms with E-state index in [0.717, 1.165) is 62.7 Å². The van der Waals surface area contributed by atoms with Crippen molar-refractivity contribution in [3.63, 3.8) is 0 Å². The Morgan fingerprint density at radius 1 is 1.03 bits per heavy atom. The number of rotatable bonds is 4. The smallest absolute Gasteiger partial charge is 0.227 e. The molecule has 0 radical (unpaired) electrons. The molecule has 5 rings (SSSR count). The first-order chi connectivity index (χ1) is 17.1. The number of amides is 1. The molecule has 0 unspecified atom stereocenters. The van der Waals surface area contributed by atoms with Gasteiger partial charge < -0.3 is 15.1 Å². The van der Waals surface area contributed by atoms with Crippen LogP contribution in [-0.2, 0) is 11.2 Å². The summed E-state index contributed by atoms with van der Waals surface area (Å²) in [6.07, 6.45) is 9.44. The molecule has 0 spiro atoms. The second kappa shape index (κ2) is 10.5. The number of pyridine rings is 1. The van der Waals surface area contributed by atoms with Crippen LogP contribution in [0.3, 0.4) is 0 Å². The van der Waals surface area contributed by atoms with Gasteiger partial charge in [0.2, 0.25) is 5.91 Å². The summed E-state index contributed by atoms with van der Waals surface area (Å²) in [5.74, 6) is 6.56. The van der Waals surface area contributed by atoms with Crippen LogP contribution in [0.4, 0.5) is 0 Å².